The van der Waals surface area contributed by atoms with Crippen LogP contribution < -0.4 is 0 Å². The van der Waals surface area contributed by atoms with Crippen LogP contribution >= 0.6 is 0 Å². The Kier molecular flexibility index (Phi) is 7.04. The number of hydrogen-bond donors (Lipinski definition) is 0. The summed E-state index contributed by atoms with van der Waals surface area (Å²) < 4.78 is 11.1. The molecule has 0 aliphatic carbocycles. The van der Waals surface area contributed by atoms with Gasteiger partial charge in [0.25, 0.3) is 17.5 Å². The van der Waals surface area contributed by atoms with Crippen molar-refractivity contribution in [1.82, 2.24) is 9.80 Å². The van der Waals surface area contributed by atoms with E-state index in [-0.39, 0.29) is 31.8 Å². The molecule has 0 aromatic heterocycles. The Morgan fingerprint density at radius 2 is 1.51 bits per heavy atom. The average molecular weight is 530 g/mol. The summed E-state index contributed by atoms with van der Waals surface area (Å²) in [5, 5.41) is 10.9. The van der Waals surface area contributed by atoms with Gasteiger partial charge in [-0.1, -0.05) is 30.3 Å². The number of nitrogens with zero attached hydrogens (tertiary/aromatic N) is 3. The van der Waals surface area contributed by atoms with Crippen molar-refractivity contribution >= 4 is 29.6 Å². The van der Waals surface area contributed by atoms with E-state index in [2.05, 4.69) is 0 Å². The second-order valence-electron chi connectivity index (χ2n) is 9.18. The Morgan fingerprint density at radius 1 is 0.897 bits per heavy atom. The van der Waals surface area contributed by atoms with E-state index in [0.29, 0.717) is 22.3 Å². The smallest absolute Gasteiger partial charge is 0.410 e. The second-order valence-corrected chi connectivity index (χ2v) is 9.18. The topological polar surface area (TPSA) is 136 Å². The monoisotopic (exact) mass is 529 g/mol. The van der Waals surface area contributed by atoms with E-state index < -0.39 is 40.9 Å². The number of imide groups is 1. The van der Waals surface area contributed by atoms with Crippen LogP contribution in [0.15, 0.2) is 78.9 Å². The quantitative estimate of drug-likeness (QED) is 0.195. The fraction of sp³-hybridized carbons (Fsp3) is 0.214. The largest absolute Gasteiger partial charge is 0.457 e. The third-order valence-electron chi connectivity index (χ3n) is 6.67. The number of hydrogen-bond acceptors (Lipinski definition) is 8. The fourth-order valence-corrected chi connectivity index (χ4v) is 4.71. The Hall–Kier alpha value is -5.06. The zero-order valence-electron chi connectivity index (χ0n) is 20.6. The van der Waals surface area contributed by atoms with Gasteiger partial charge < -0.3 is 9.47 Å². The highest BCUT2D eigenvalue weighted by Crippen LogP contribution is 2.28. The molecule has 1 fully saturated rings. The number of amides is 3. The van der Waals surface area contributed by atoms with Crippen molar-refractivity contribution in [2.75, 3.05) is 13.1 Å². The summed E-state index contributed by atoms with van der Waals surface area (Å²) in [5.41, 5.74) is 1.39. The number of rotatable bonds is 7. The van der Waals surface area contributed by atoms with Crippen LogP contribution in [0.4, 0.5) is 10.5 Å². The molecular formula is C28H23N3O8. The summed E-state index contributed by atoms with van der Waals surface area (Å²) in [4.78, 5) is 64.4. The molecule has 2 heterocycles. The number of benzene rings is 3. The third-order valence-corrected chi connectivity index (χ3v) is 6.67. The maximum absolute atomic E-state index is 13.1. The number of likely N-dealkylation sites (tertiary alicyclic amines) is 1. The number of fused-ring (bicyclic) bond motifs is 1. The van der Waals surface area contributed by atoms with Gasteiger partial charge in [-0.15, -0.1) is 0 Å². The van der Waals surface area contributed by atoms with Gasteiger partial charge in [0.2, 0.25) is 0 Å². The Labute approximate surface area is 222 Å². The lowest BCUT2D eigenvalue weighted by atomic mass is 10.1. The molecule has 3 aromatic rings. The van der Waals surface area contributed by atoms with Gasteiger partial charge in [0.1, 0.15) is 12.7 Å². The molecule has 3 amide bonds. The van der Waals surface area contributed by atoms with Crippen molar-refractivity contribution in [3.63, 3.8) is 0 Å². The summed E-state index contributed by atoms with van der Waals surface area (Å²) in [6.07, 6.45) is -1.23. The van der Waals surface area contributed by atoms with E-state index in [4.69, 9.17) is 9.47 Å². The second kappa shape index (κ2) is 10.7. The highest BCUT2D eigenvalue weighted by atomic mass is 16.6. The molecular weight excluding hydrogens is 506 g/mol. The molecule has 0 N–H and O–H groups in total. The van der Waals surface area contributed by atoms with Gasteiger partial charge in [0.15, 0.2) is 0 Å². The number of ether oxygens (including phenoxy) is 2. The molecule has 1 saturated heterocycles. The maximum Gasteiger partial charge on any atom is 0.410 e. The number of carbonyl (C=O) groups is 4. The molecule has 5 rings (SSSR count). The van der Waals surface area contributed by atoms with Gasteiger partial charge in [-0.05, 0) is 42.0 Å². The van der Waals surface area contributed by atoms with Gasteiger partial charge in [-0.25, -0.2) is 9.59 Å². The number of non-ortho nitro benzene ring substituents is 1. The van der Waals surface area contributed by atoms with Crippen molar-refractivity contribution in [2.24, 2.45) is 0 Å². The highest BCUT2D eigenvalue weighted by molar-refractivity contribution is 6.21. The van der Waals surface area contributed by atoms with Crippen molar-refractivity contribution in [2.45, 2.75) is 25.2 Å². The first-order valence-electron chi connectivity index (χ1n) is 12.2. The van der Waals surface area contributed by atoms with E-state index >= 15 is 0 Å². The molecule has 0 saturated carbocycles. The number of esters is 1. The van der Waals surface area contributed by atoms with Gasteiger partial charge in [0, 0.05) is 18.6 Å². The molecule has 11 nitrogen and oxygen atoms in total. The number of carbonyl (C=O) groups excluding carboxylic acids is 4. The molecule has 2 aliphatic rings. The Bertz CT molecular complexity index is 1410. The standard InChI is InChI=1S/C28H23N3O8/c32-25-23-8-4-5-9-24(23)26(33)30(25)15-21-14-22(39-27(34)19-6-2-1-3-7-19)16-29(21)28(35)38-17-18-10-12-20(13-11-18)31(36)37/h1-13,21-22H,14-17H2/t21-,22-/m1/s1. The van der Waals surface area contributed by atoms with Crippen LogP contribution in [0.1, 0.15) is 43.1 Å². The summed E-state index contributed by atoms with van der Waals surface area (Å²) >= 11 is 0. The van der Waals surface area contributed by atoms with E-state index in [1.54, 1.807) is 54.6 Å². The van der Waals surface area contributed by atoms with E-state index in [0.717, 1.165) is 4.90 Å². The normalized spacial score (nSPS) is 18.2. The van der Waals surface area contributed by atoms with Crippen molar-refractivity contribution in [3.8, 4) is 0 Å². The van der Waals surface area contributed by atoms with Crippen molar-refractivity contribution < 1.29 is 33.6 Å². The molecule has 0 unspecified atom stereocenters. The van der Waals surface area contributed by atoms with E-state index in [1.807, 2.05) is 0 Å². The van der Waals surface area contributed by atoms with Crippen LogP contribution in [0, 0.1) is 10.1 Å². The Balaban J connectivity index is 1.30. The minimum atomic E-state index is -0.728. The lowest BCUT2D eigenvalue weighted by Crippen LogP contribution is -2.45. The molecule has 0 radical (unpaired) electrons. The molecule has 0 bridgehead atoms. The lowest BCUT2D eigenvalue weighted by Gasteiger charge is -2.26. The van der Waals surface area contributed by atoms with Gasteiger partial charge in [0.05, 0.1) is 40.7 Å². The molecule has 198 valence electrons. The van der Waals surface area contributed by atoms with Crippen LogP contribution in [-0.2, 0) is 16.1 Å². The van der Waals surface area contributed by atoms with Crippen LogP contribution in [-0.4, -0.2) is 63.8 Å². The Morgan fingerprint density at radius 3 is 2.13 bits per heavy atom. The molecule has 3 aromatic carbocycles. The highest BCUT2D eigenvalue weighted by Gasteiger charge is 2.43. The van der Waals surface area contributed by atoms with Crippen LogP contribution in [0.2, 0.25) is 0 Å². The van der Waals surface area contributed by atoms with Crippen molar-refractivity contribution in [3.05, 3.63) is 111 Å². The SMILES string of the molecule is O=C(O[C@@H]1C[C@H](CN2C(=O)c3ccccc3C2=O)N(C(=O)OCc2ccc([N+](=O)[O-])cc2)C1)c1ccccc1. The zero-order valence-corrected chi connectivity index (χ0v) is 20.6. The van der Waals surface area contributed by atoms with Crippen molar-refractivity contribution in [1.29, 1.82) is 0 Å². The molecule has 2 aliphatic heterocycles. The predicted octanol–water partition coefficient (Wildman–Crippen LogP) is 3.83. The number of nitro benzene ring substituents is 1. The maximum atomic E-state index is 13.1. The fourth-order valence-electron chi connectivity index (χ4n) is 4.71. The molecule has 11 heteroatoms. The first-order valence-corrected chi connectivity index (χ1v) is 12.2. The average Bonchev–Trinajstić information content (AvgIpc) is 3.46. The number of nitro groups is 1. The summed E-state index contributed by atoms with van der Waals surface area (Å²) in [7, 11) is 0. The van der Waals surface area contributed by atoms with Gasteiger partial charge >= 0.3 is 12.1 Å². The summed E-state index contributed by atoms with van der Waals surface area (Å²) in [6.45, 7) is -0.245. The molecule has 0 spiro atoms. The first kappa shape index (κ1) is 25.6. The first-order chi connectivity index (χ1) is 18.8. The minimum Gasteiger partial charge on any atom is -0.457 e. The molecule has 39 heavy (non-hydrogen) atoms. The van der Waals surface area contributed by atoms with Gasteiger partial charge in [-0.3, -0.25) is 29.5 Å². The predicted molar refractivity (Wildman–Crippen MR) is 136 cm³/mol. The van der Waals surface area contributed by atoms with Gasteiger partial charge in [-0.2, -0.15) is 0 Å². The van der Waals surface area contributed by atoms with Crippen LogP contribution in [0.25, 0.3) is 0 Å². The summed E-state index contributed by atoms with van der Waals surface area (Å²) in [6, 6.07) is 19.8. The summed E-state index contributed by atoms with van der Waals surface area (Å²) in [5.74, 6) is -1.47. The third kappa shape index (κ3) is 5.33. The van der Waals surface area contributed by atoms with E-state index in [9.17, 15) is 29.3 Å². The van der Waals surface area contributed by atoms with Crippen LogP contribution in [0.5, 0.6) is 0 Å². The van der Waals surface area contributed by atoms with E-state index in [1.165, 1.54) is 29.2 Å². The minimum absolute atomic E-state index is 0.00546. The zero-order chi connectivity index (χ0) is 27.5. The lowest BCUT2D eigenvalue weighted by molar-refractivity contribution is -0.384. The van der Waals surface area contributed by atoms with Crippen LogP contribution in [0.3, 0.4) is 0 Å². The molecule has 2 atom stereocenters.